The summed E-state index contributed by atoms with van der Waals surface area (Å²) >= 11 is 0. The van der Waals surface area contributed by atoms with Gasteiger partial charge in [0, 0.05) is 19.7 Å². The van der Waals surface area contributed by atoms with Crippen LogP contribution in [0.25, 0.3) is 0 Å². The molecule has 0 N–H and O–H groups in total. The van der Waals surface area contributed by atoms with Crippen LogP contribution in [-0.2, 0) is 14.8 Å². The Morgan fingerprint density at radius 1 is 1.33 bits per heavy atom. The molecule has 0 aromatic carbocycles. The van der Waals surface area contributed by atoms with Gasteiger partial charge in [-0.1, -0.05) is 0 Å². The molecule has 12 heavy (non-hydrogen) atoms. The number of hydrogen-bond acceptors (Lipinski definition) is 3. The van der Waals surface area contributed by atoms with Crippen molar-refractivity contribution in [2.24, 2.45) is 0 Å². The first-order valence-electron chi connectivity index (χ1n) is 4.22. The highest BCUT2D eigenvalue weighted by Gasteiger charge is 2.20. The summed E-state index contributed by atoms with van der Waals surface area (Å²) in [6.07, 6.45) is 0.805. The third-order valence-corrected chi connectivity index (χ3v) is 3.82. The summed E-state index contributed by atoms with van der Waals surface area (Å²) < 4.78 is 29.4. The predicted molar refractivity (Wildman–Crippen MR) is 46.5 cm³/mol. The second-order valence-corrected chi connectivity index (χ2v) is 5.02. The lowest BCUT2D eigenvalue weighted by atomic mass is 10.5. The van der Waals surface area contributed by atoms with Crippen molar-refractivity contribution in [3.63, 3.8) is 0 Å². The maximum absolute atomic E-state index is 11.4. The molecular weight excluding hydrogens is 178 g/mol. The van der Waals surface area contributed by atoms with Crippen molar-refractivity contribution in [3.05, 3.63) is 0 Å². The lowest BCUT2D eigenvalue weighted by Gasteiger charge is -2.17. The number of hydrogen-bond donors (Lipinski definition) is 0. The van der Waals surface area contributed by atoms with Crippen molar-refractivity contribution < 1.29 is 13.2 Å². The van der Waals surface area contributed by atoms with E-state index in [4.69, 9.17) is 4.74 Å². The lowest BCUT2D eigenvalue weighted by molar-refractivity contribution is 0.148. The van der Waals surface area contributed by atoms with Crippen LogP contribution in [0.3, 0.4) is 0 Å². The van der Waals surface area contributed by atoms with Crippen LogP contribution < -0.4 is 0 Å². The van der Waals surface area contributed by atoms with Gasteiger partial charge in [0.2, 0.25) is 10.0 Å². The zero-order valence-corrected chi connectivity index (χ0v) is 8.14. The van der Waals surface area contributed by atoms with Crippen molar-refractivity contribution in [2.45, 2.75) is 13.3 Å². The number of rotatable bonds is 2. The van der Waals surface area contributed by atoms with E-state index in [0.29, 0.717) is 26.3 Å². The van der Waals surface area contributed by atoms with E-state index in [0.717, 1.165) is 6.42 Å². The van der Waals surface area contributed by atoms with Crippen LogP contribution >= 0.6 is 0 Å². The molecule has 1 saturated heterocycles. The first-order chi connectivity index (χ1) is 5.67. The van der Waals surface area contributed by atoms with Crippen LogP contribution in [0.4, 0.5) is 0 Å². The van der Waals surface area contributed by atoms with Crippen molar-refractivity contribution in [1.82, 2.24) is 4.31 Å². The van der Waals surface area contributed by atoms with Crippen LogP contribution in [0.15, 0.2) is 0 Å². The summed E-state index contributed by atoms with van der Waals surface area (Å²) in [6, 6.07) is 0. The van der Waals surface area contributed by atoms with Gasteiger partial charge in [-0.15, -0.1) is 0 Å². The molecule has 0 spiro atoms. The Morgan fingerprint density at radius 2 is 2.08 bits per heavy atom. The highest BCUT2D eigenvalue weighted by atomic mass is 32.2. The fourth-order valence-corrected chi connectivity index (χ4v) is 2.31. The van der Waals surface area contributed by atoms with Gasteiger partial charge in [0.15, 0.2) is 0 Å². The quantitative estimate of drug-likeness (QED) is 0.623. The normalized spacial score (nSPS) is 22.1. The molecule has 0 aromatic heterocycles. The zero-order valence-electron chi connectivity index (χ0n) is 7.32. The number of sulfonamides is 1. The second kappa shape index (κ2) is 4.20. The largest absolute Gasteiger partial charge is 0.380 e. The van der Waals surface area contributed by atoms with Crippen LogP contribution in [-0.4, -0.2) is 44.8 Å². The molecule has 0 amide bonds. The predicted octanol–water partition coefficient (Wildman–Crippen LogP) is 0.0584. The molecule has 0 atom stereocenters. The molecule has 0 bridgehead atoms. The SMILES string of the molecule is CCS(=O)(=O)N1CCCOCC1. The summed E-state index contributed by atoms with van der Waals surface area (Å²) in [5.41, 5.74) is 0. The van der Waals surface area contributed by atoms with E-state index in [1.165, 1.54) is 4.31 Å². The van der Waals surface area contributed by atoms with Gasteiger partial charge in [-0.3, -0.25) is 0 Å². The Kier molecular flexibility index (Phi) is 3.49. The molecule has 1 rings (SSSR count). The van der Waals surface area contributed by atoms with E-state index in [9.17, 15) is 8.42 Å². The molecule has 1 aliphatic heterocycles. The topological polar surface area (TPSA) is 46.6 Å². The van der Waals surface area contributed by atoms with E-state index in [-0.39, 0.29) is 5.75 Å². The zero-order chi connectivity index (χ0) is 9.03. The third kappa shape index (κ3) is 2.43. The first-order valence-corrected chi connectivity index (χ1v) is 5.83. The molecule has 0 aliphatic carbocycles. The summed E-state index contributed by atoms with van der Waals surface area (Å²) in [6.45, 7) is 3.99. The molecule has 1 aliphatic rings. The highest BCUT2D eigenvalue weighted by Crippen LogP contribution is 2.05. The van der Waals surface area contributed by atoms with E-state index in [1.54, 1.807) is 6.92 Å². The van der Waals surface area contributed by atoms with E-state index >= 15 is 0 Å². The minimum atomic E-state index is -2.99. The molecule has 0 unspecified atom stereocenters. The Bertz CT molecular complexity index is 217. The van der Waals surface area contributed by atoms with E-state index in [2.05, 4.69) is 0 Å². The van der Waals surface area contributed by atoms with Gasteiger partial charge in [-0.05, 0) is 13.3 Å². The maximum Gasteiger partial charge on any atom is 0.213 e. The fourth-order valence-electron chi connectivity index (χ4n) is 1.18. The molecule has 1 fully saturated rings. The van der Waals surface area contributed by atoms with Crippen molar-refractivity contribution >= 4 is 10.0 Å². The summed E-state index contributed by atoms with van der Waals surface area (Å²) in [5, 5.41) is 0. The standard InChI is InChI=1S/C7H15NO3S/c1-2-12(9,10)8-4-3-6-11-7-5-8/h2-7H2,1H3. The van der Waals surface area contributed by atoms with Crippen molar-refractivity contribution in [3.8, 4) is 0 Å². The van der Waals surface area contributed by atoms with Crippen LogP contribution in [0, 0.1) is 0 Å². The van der Waals surface area contributed by atoms with E-state index in [1.807, 2.05) is 0 Å². The molecule has 0 aromatic rings. The van der Waals surface area contributed by atoms with Gasteiger partial charge in [-0.25, -0.2) is 8.42 Å². The smallest absolute Gasteiger partial charge is 0.213 e. The van der Waals surface area contributed by atoms with Gasteiger partial charge in [0.1, 0.15) is 0 Å². The monoisotopic (exact) mass is 193 g/mol. The Balaban J connectivity index is 2.60. The van der Waals surface area contributed by atoms with Gasteiger partial charge < -0.3 is 4.74 Å². The third-order valence-electron chi connectivity index (χ3n) is 1.94. The van der Waals surface area contributed by atoms with Crippen LogP contribution in [0.1, 0.15) is 13.3 Å². The molecule has 0 saturated carbocycles. The maximum atomic E-state index is 11.4. The van der Waals surface area contributed by atoms with Gasteiger partial charge in [0.25, 0.3) is 0 Å². The van der Waals surface area contributed by atoms with Crippen LogP contribution in [0.2, 0.25) is 0 Å². The molecule has 72 valence electrons. The average molecular weight is 193 g/mol. The van der Waals surface area contributed by atoms with Crippen LogP contribution in [0.5, 0.6) is 0 Å². The summed E-state index contributed by atoms with van der Waals surface area (Å²) in [4.78, 5) is 0. The van der Waals surface area contributed by atoms with Crippen molar-refractivity contribution in [1.29, 1.82) is 0 Å². The van der Waals surface area contributed by atoms with Gasteiger partial charge >= 0.3 is 0 Å². The highest BCUT2D eigenvalue weighted by molar-refractivity contribution is 7.89. The van der Waals surface area contributed by atoms with E-state index < -0.39 is 10.0 Å². The Hall–Kier alpha value is -0.130. The Labute approximate surface area is 73.6 Å². The fraction of sp³-hybridized carbons (Fsp3) is 1.00. The van der Waals surface area contributed by atoms with Gasteiger partial charge in [0.05, 0.1) is 12.4 Å². The number of ether oxygens (including phenoxy) is 1. The Morgan fingerprint density at radius 3 is 2.75 bits per heavy atom. The van der Waals surface area contributed by atoms with Crippen molar-refractivity contribution in [2.75, 3.05) is 32.1 Å². The average Bonchev–Trinajstić information content (AvgIpc) is 2.32. The molecule has 0 radical (unpaired) electrons. The lowest BCUT2D eigenvalue weighted by Crippen LogP contribution is -2.34. The summed E-state index contributed by atoms with van der Waals surface area (Å²) in [7, 11) is -2.99. The first kappa shape index (κ1) is 9.95. The molecule has 4 nitrogen and oxygen atoms in total. The molecule has 5 heteroatoms. The number of nitrogens with zero attached hydrogens (tertiary/aromatic N) is 1. The minimum Gasteiger partial charge on any atom is -0.380 e. The molecular formula is C7H15NO3S. The second-order valence-electron chi connectivity index (χ2n) is 2.77. The van der Waals surface area contributed by atoms with Gasteiger partial charge in [-0.2, -0.15) is 4.31 Å². The summed E-state index contributed by atoms with van der Waals surface area (Å²) in [5.74, 6) is 0.188. The minimum absolute atomic E-state index is 0.188. The molecule has 1 heterocycles.